The van der Waals surface area contributed by atoms with Gasteiger partial charge in [-0.3, -0.25) is 14.4 Å². The molecule has 2 aromatic rings. The van der Waals surface area contributed by atoms with Crippen LogP contribution in [0.3, 0.4) is 0 Å². The number of hydrogen-bond acceptors (Lipinski definition) is 4. The van der Waals surface area contributed by atoms with Crippen molar-refractivity contribution in [3.8, 4) is 0 Å². The third-order valence-electron chi connectivity index (χ3n) is 6.58. The Morgan fingerprint density at radius 1 is 0.944 bits per heavy atom. The summed E-state index contributed by atoms with van der Waals surface area (Å²) >= 11 is 0. The normalized spacial score (nSPS) is 13.9. The molecule has 3 amide bonds. The van der Waals surface area contributed by atoms with E-state index in [1.807, 2.05) is 75.9 Å². The molecule has 7 heteroatoms. The number of benzene rings is 2. The first-order valence-corrected chi connectivity index (χ1v) is 13.1. The summed E-state index contributed by atoms with van der Waals surface area (Å²) in [5.74, 6) is 0.189. The van der Waals surface area contributed by atoms with Gasteiger partial charge in [0.2, 0.25) is 5.91 Å². The molecule has 0 bridgehead atoms. The van der Waals surface area contributed by atoms with Crippen LogP contribution in [0.15, 0.2) is 42.5 Å². The van der Waals surface area contributed by atoms with E-state index in [0.29, 0.717) is 56.0 Å². The van der Waals surface area contributed by atoms with E-state index in [-0.39, 0.29) is 23.6 Å². The Morgan fingerprint density at radius 2 is 1.64 bits per heavy atom. The third-order valence-corrected chi connectivity index (χ3v) is 6.58. The minimum atomic E-state index is -0.0565. The summed E-state index contributed by atoms with van der Waals surface area (Å²) < 4.78 is 0. The standard InChI is InChI=1S/C29H40N4O3/c1-6-31(7-2)29(36)25-20-24(30-27(34)19-21(3)4)13-14-26(25)32-15-8-16-33(18-17-32)28(35)23-11-9-22(5)10-12-23/h9-14,20-21H,6-8,15-19H2,1-5H3,(H,30,34). The topological polar surface area (TPSA) is 73.0 Å². The first kappa shape index (κ1) is 27.2. The van der Waals surface area contributed by atoms with E-state index in [9.17, 15) is 14.4 Å². The van der Waals surface area contributed by atoms with Crippen LogP contribution in [-0.4, -0.2) is 66.8 Å². The molecule has 1 saturated heterocycles. The molecule has 194 valence electrons. The molecular formula is C29H40N4O3. The number of aryl methyl sites for hydroxylation is 1. The van der Waals surface area contributed by atoms with Gasteiger partial charge < -0.3 is 20.0 Å². The average molecular weight is 493 g/mol. The van der Waals surface area contributed by atoms with E-state index in [2.05, 4.69) is 10.2 Å². The Hall–Kier alpha value is -3.35. The Kier molecular flexibility index (Phi) is 9.51. The van der Waals surface area contributed by atoms with Crippen LogP contribution in [0, 0.1) is 12.8 Å². The lowest BCUT2D eigenvalue weighted by Crippen LogP contribution is -2.36. The molecule has 36 heavy (non-hydrogen) atoms. The van der Waals surface area contributed by atoms with Crippen molar-refractivity contribution in [1.29, 1.82) is 0 Å². The van der Waals surface area contributed by atoms with Crippen LogP contribution in [0.5, 0.6) is 0 Å². The predicted molar refractivity (Wildman–Crippen MR) is 146 cm³/mol. The number of carbonyl (C=O) groups excluding carboxylic acids is 3. The second kappa shape index (κ2) is 12.6. The number of hydrogen-bond donors (Lipinski definition) is 1. The van der Waals surface area contributed by atoms with Crippen LogP contribution in [0.25, 0.3) is 0 Å². The number of nitrogens with one attached hydrogen (secondary N) is 1. The van der Waals surface area contributed by atoms with Gasteiger partial charge in [-0.15, -0.1) is 0 Å². The number of anilines is 2. The molecule has 1 aliphatic rings. The molecule has 7 nitrogen and oxygen atoms in total. The fourth-order valence-electron chi connectivity index (χ4n) is 4.56. The van der Waals surface area contributed by atoms with Crippen molar-refractivity contribution >= 4 is 29.1 Å². The second-order valence-electron chi connectivity index (χ2n) is 9.85. The van der Waals surface area contributed by atoms with Crippen LogP contribution < -0.4 is 10.2 Å². The summed E-state index contributed by atoms with van der Waals surface area (Å²) in [5.41, 5.74) is 3.89. The lowest BCUT2D eigenvalue weighted by Gasteiger charge is -2.28. The van der Waals surface area contributed by atoms with Crippen molar-refractivity contribution in [3.63, 3.8) is 0 Å². The maximum Gasteiger partial charge on any atom is 0.256 e. The van der Waals surface area contributed by atoms with Crippen LogP contribution in [-0.2, 0) is 4.79 Å². The monoisotopic (exact) mass is 492 g/mol. The summed E-state index contributed by atoms with van der Waals surface area (Å²) in [6.45, 7) is 13.8. The highest BCUT2D eigenvalue weighted by Gasteiger charge is 2.25. The zero-order valence-corrected chi connectivity index (χ0v) is 22.3. The molecule has 0 aliphatic carbocycles. The van der Waals surface area contributed by atoms with E-state index in [0.717, 1.165) is 24.2 Å². The van der Waals surface area contributed by atoms with Gasteiger partial charge in [-0.2, -0.15) is 0 Å². The molecule has 0 radical (unpaired) electrons. The molecular weight excluding hydrogens is 452 g/mol. The zero-order valence-electron chi connectivity index (χ0n) is 22.3. The highest BCUT2D eigenvalue weighted by molar-refractivity contribution is 6.02. The van der Waals surface area contributed by atoms with Gasteiger partial charge in [-0.1, -0.05) is 31.5 Å². The van der Waals surface area contributed by atoms with Gasteiger partial charge in [-0.25, -0.2) is 0 Å². The fraction of sp³-hybridized carbons (Fsp3) is 0.483. The molecule has 3 rings (SSSR count). The smallest absolute Gasteiger partial charge is 0.256 e. The molecule has 0 atom stereocenters. The predicted octanol–water partition coefficient (Wildman–Crippen LogP) is 4.81. The maximum atomic E-state index is 13.5. The Morgan fingerprint density at radius 3 is 2.28 bits per heavy atom. The highest BCUT2D eigenvalue weighted by Crippen LogP contribution is 2.28. The van der Waals surface area contributed by atoms with Gasteiger partial charge in [-0.05, 0) is 63.4 Å². The summed E-state index contributed by atoms with van der Waals surface area (Å²) in [6.07, 6.45) is 1.24. The lowest BCUT2D eigenvalue weighted by molar-refractivity contribution is -0.116. The molecule has 1 heterocycles. The first-order valence-electron chi connectivity index (χ1n) is 13.1. The van der Waals surface area contributed by atoms with Crippen LogP contribution in [0.2, 0.25) is 0 Å². The van der Waals surface area contributed by atoms with E-state index < -0.39 is 0 Å². The quantitative estimate of drug-likeness (QED) is 0.574. The molecule has 0 spiro atoms. The highest BCUT2D eigenvalue weighted by atomic mass is 16.2. The van der Waals surface area contributed by atoms with Gasteiger partial charge in [0, 0.05) is 62.6 Å². The summed E-state index contributed by atoms with van der Waals surface area (Å²) in [6, 6.07) is 13.3. The van der Waals surface area contributed by atoms with Gasteiger partial charge in [0.25, 0.3) is 11.8 Å². The van der Waals surface area contributed by atoms with Crippen molar-refractivity contribution in [3.05, 3.63) is 59.2 Å². The molecule has 1 N–H and O–H groups in total. The zero-order chi connectivity index (χ0) is 26.2. The Bertz CT molecular complexity index is 1060. The van der Waals surface area contributed by atoms with Gasteiger partial charge in [0.15, 0.2) is 0 Å². The summed E-state index contributed by atoms with van der Waals surface area (Å²) in [4.78, 5) is 44.8. The molecule has 2 aromatic carbocycles. The van der Waals surface area contributed by atoms with Crippen molar-refractivity contribution in [2.45, 2.75) is 47.5 Å². The van der Waals surface area contributed by atoms with Crippen LogP contribution in [0.1, 0.15) is 66.8 Å². The SMILES string of the molecule is CCN(CC)C(=O)c1cc(NC(=O)CC(C)C)ccc1N1CCCN(C(=O)c2ccc(C)cc2)CC1. The molecule has 1 fully saturated rings. The van der Waals surface area contributed by atoms with Crippen molar-refractivity contribution in [2.75, 3.05) is 49.5 Å². The van der Waals surface area contributed by atoms with Gasteiger partial charge in [0.1, 0.15) is 0 Å². The summed E-state index contributed by atoms with van der Waals surface area (Å²) in [5, 5.41) is 2.95. The molecule has 0 unspecified atom stereocenters. The van der Waals surface area contributed by atoms with Crippen molar-refractivity contribution in [1.82, 2.24) is 9.80 Å². The minimum absolute atomic E-state index is 0.0412. The Balaban J connectivity index is 1.83. The van der Waals surface area contributed by atoms with Crippen molar-refractivity contribution < 1.29 is 14.4 Å². The van der Waals surface area contributed by atoms with Gasteiger partial charge >= 0.3 is 0 Å². The first-order chi connectivity index (χ1) is 17.2. The number of rotatable bonds is 8. The fourth-order valence-corrected chi connectivity index (χ4v) is 4.56. The van der Waals surface area contributed by atoms with Crippen LogP contribution in [0.4, 0.5) is 11.4 Å². The number of nitrogens with zero attached hydrogens (tertiary/aromatic N) is 3. The van der Waals surface area contributed by atoms with E-state index in [4.69, 9.17) is 0 Å². The van der Waals surface area contributed by atoms with E-state index in [1.165, 1.54) is 0 Å². The average Bonchev–Trinajstić information content (AvgIpc) is 3.10. The molecule has 0 saturated carbocycles. The number of amides is 3. The summed E-state index contributed by atoms with van der Waals surface area (Å²) in [7, 11) is 0. The minimum Gasteiger partial charge on any atom is -0.369 e. The van der Waals surface area contributed by atoms with Crippen molar-refractivity contribution in [2.24, 2.45) is 5.92 Å². The second-order valence-corrected chi connectivity index (χ2v) is 9.85. The van der Waals surface area contributed by atoms with E-state index >= 15 is 0 Å². The number of carbonyl (C=O) groups is 3. The maximum absolute atomic E-state index is 13.5. The lowest BCUT2D eigenvalue weighted by atomic mass is 10.1. The van der Waals surface area contributed by atoms with E-state index in [1.54, 1.807) is 11.0 Å². The Labute approximate surface area is 215 Å². The molecule has 1 aliphatic heterocycles. The largest absolute Gasteiger partial charge is 0.369 e. The molecule has 0 aromatic heterocycles. The third kappa shape index (κ3) is 6.86. The van der Waals surface area contributed by atoms with Gasteiger partial charge in [0.05, 0.1) is 5.56 Å². The van der Waals surface area contributed by atoms with Crippen LogP contribution >= 0.6 is 0 Å².